The topological polar surface area (TPSA) is 87.2 Å². The number of carbonyl (C=O) groups is 1. The molecule has 2 N–H and O–H groups in total. The molecule has 8 nitrogen and oxygen atoms in total. The summed E-state index contributed by atoms with van der Waals surface area (Å²) in [5.74, 6) is 0.372. The summed E-state index contributed by atoms with van der Waals surface area (Å²) in [6.07, 6.45) is 3.03. The van der Waals surface area contributed by atoms with Crippen LogP contribution in [0.15, 0.2) is 24.4 Å². The van der Waals surface area contributed by atoms with Crippen LogP contribution in [0.4, 0.5) is 11.5 Å². The number of ether oxygens (including phenoxy) is 2. The van der Waals surface area contributed by atoms with Crippen LogP contribution < -0.4 is 10.2 Å². The first-order valence-corrected chi connectivity index (χ1v) is 12.1. The summed E-state index contributed by atoms with van der Waals surface area (Å²) in [6.45, 7) is 7.49. The first kappa shape index (κ1) is 22.8. The number of carbonyl (C=O) groups excluding carboxylic acids is 1. The van der Waals surface area contributed by atoms with Crippen LogP contribution >= 0.6 is 11.6 Å². The van der Waals surface area contributed by atoms with Crippen LogP contribution in [-0.4, -0.2) is 85.1 Å². The summed E-state index contributed by atoms with van der Waals surface area (Å²) in [5, 5.41) is 15.9. The van der Waals surface area contributed by atoms with Gasteiger partial charge in [0, 0.05) is 44.4 Å². The van der Waals surface area contributed by atoms with Crippen LogP contribution in [0.5, 0.6) is 0 Å². The lowest BCUT2D eigenvalue weighted by Gasteiger charge is -2.45. The largest absolute Gasteiger partial charge is 0.389 e. The van der Waals surface area contributed by atoms with Gasteiger partial charge in [-0.1, -0.05) is 11.6 Å². The van der Waals surface area contributed by atoms with Crippen molar-refractivity contribution in [2.75, 3.05) is 62.8 Å². The lowest BCUT2D eigenvalue weighted by Crippen LogP contribution is -2.60. The van der Waals surface area contributed by atoms with E-state index < -0.39 is 6.10 Å². The molecule has 3 atom stereocenters. The van der Waals surface area contributed by atoms with Gasteiger partial charge in [-0.2, -0.15) is 0 Å². The molecule has 1 aromatic heterocycles. The molecule has 0 radical (unpaired) electrons. The molecule has 178 valence electrons. The van der Waals surface area contributed by atoms with Gasteiger partial charge in [0.2, 0.25) is 5.91 Å². The van der Waals surface area contributed by atoms with Crippen LogP contribution in [-0.2, 0) is 14.3 Å². The number of aliphatic hydroxyl groups is 1. The number of fused-ring (bicyclic) bond motifs is 1. The number of pyridine rings is 1. The molecule has 3 aliphatic heterocycles. The Morgan fingerprint density at radius 3 is 2.70 bits per heavy atom. The molecule has 33 heavy (non-hydrogen) atoms. The molecule has 3 saturated heterocycles. The third-order valence-electron chi connectivity index (χ3n) is 7.30. The molecule has 0 aliphatic carbocycles. The third-order valence-corrected chi connectivity index (χ3v) is 7.60. The molecule has 3 unspecified atom stereocenters. The van der Waals surface area contributed by atoms with Crippen molar-refractivity contribution in [3.8, 4) is 0 Å². The van der Waals surface area contributed by atoms with Gasteiger partial charge in [0.05, 0.1) is 48.1 Å². The van der Waals surface area contributed by atoms with Crippen LogP contribution in [0.1, 0.15) is 19.8 Å². The van der Waals surface area contributed by atoms with Crippen molar-refractivity contribution in [1.29, 1.82) is 0 Å². The van der Waals surface area contributed by atoms with Crippen molar-refractivity contribution in [1.82, 2.24) is 9.88 Å². The third kappa shape index (κ3) is 4.55. The van der Waals surface area contributed by atoms with E-state index in [2.05, 4.69) is 33.1 Å². The minimum atomic E-state index is -0.463. The summed E-state index contributed by atoms with van der Waals surface area (Å²) in [4.78, 5) is 21.6. The number of nitrogens with one attached hydrogen (secondary N) is 1. The standard InChI is InChI=1S/C24H31ClN4O4/c1-24(15-33-14-21(24)30)29-6-4-28(5-7-29)20-10-17-11-22(26-12-18(17)9-19(20)25)27-23(31)16-3-2-8-32-13-16/h9-12,16,21,30H,2-8,13-15H2,1H3,(H,26,27,31). The number of aliphatic hydroxyl groups excluding tert-OH is 1. The molecule has 1 aromatic carbocycles. The number of piperazine rings is 1. The zero-order chi connectivity index (χ0) is 23.0. The molecule has 0 spiro atoms. The van der Waals surface area contributed by atoms with Crippen LogP contribution in [0, 0.1) is 5.92 Å². The van der Waals surface area contributed by atoms with Gasteiger partial charge in [-0.15, -0.1) is 0 Å². The summed E-state index contributed by atoms with van der Waals surface area (Å²) < 4.78 is 10.9. The Morgan fingerprint density at radius 1 is 1.18 bits per heavy atom. The van der Waals surface area contributed by atoms with Crippen molar-refractivity contribution in [2.45, 2.75) is 31.4 Å². The van der Waals surface area contributed by atoms with Gasteiger partial charge in [-0.25, -0.2) is 4.98 Å². The van der Waals surface area contributed by atoms with E-state index in [1.165, 1.54) is 0 Å². The second kappa shape index (κ2) is 9.35. The fraction of sp³-hybridized carbons (Fsp3) is 0.583. The number of hydrogen-bond donors (Lipinski definition) is 2. The Kier molecular flexibility index (Phi) is 6.46. The predicted octanol–water partition coefficient (Wildman–Crippen LogP) is 2.53. The molecule has 5 rings (SSSR count). The van der Waals surface area contributed by atoms with Crippen molar-refractivity contribution >= 4 is 39.8 Å². The quantitative estimate of drug-likeness (QED) is 0.704. The molecule has 3 fully saturated rings. The van der Waals surface area contributed by atoms with Gasteiger partial charge >= 0.3 is 0 Å². The smallest absolute Gasteiger partial charge is 0.230 e. The molecular formula is C24H31ClN4O4. The number of nitrogens with zero attached hydrogens (tertiary/aromatic N) is 3. The highest BCUT2D eigenvalue weighted by atomic mass is 35.5. The molecule has 0 saturated carbocycles. The highest BCUT2D eigenvalue weighted by molar-refractivity contribution is 6.34. The Bertz CT molecular complexity index is 1020. The van der Waals surface area contributed by atoms with Crippen molar-refractivity contribution in [3.63, 3.8) is 0 Å². The Hall–Kier alpha value is -1.97. The zero-order valence-corrected chi connectivity index (χ0v) is 19.7. The average molecular weight is 475 g/mol. The maximum absolute atomic E-state index is 12.6. The molecule has 2 aromatic rings. The SMILES string of the molecule is CC1(N2CCN(c3cc4cc(NC(=O)C5CCCOC5)ncc4cc3Cl)CC2)COCC1O. The monoisotopic (exact) mass is 474 g/mol. The minimum Gasteiger partial charge on any atom is -0.389 e. The predicted molar refractivity (Wildman–Crippen MR) is 128 cm³/mol. The van der Waals surface area contributed by atoms with Crippen molar-refractivity contribution in [2.24, 2.45) is 5.92 Å². The zero-order valence-electron chi connectivity index (χ0n) is 18.9. The normalized spacial score (nSPS) is 28.9. The number of benzene rings is 1. The first-order chi connectivity index (χ1) is 15.9. The number of hydrogen-bond acceptors (Lipinski definition) is 7. The maximum Gasteiger partial charge on any atom is 0.230 e. The second-order valence-corrected chi connectivity index (χ2v) is 9.89. The summed E-state index contributed by atoms with van der Waals surface area (Å²) in [5.41, 5.74) is 0.642. The van der Waals surface area contributed by atoms with E-state index in [0.29, 0.717) is 30.7 Å². The van der Waals surface area contributed by atoms with E-state index in [1.807, 2.05) is 12.1 Å². The Labute approximate surface area is 198 Å². The highest BCUT2D eigenvalue weighted by Crippen LogP contribution is 2.34. The van der Waals surface area contributed by atoms with Crippen molar-refractivity contribution < 1.29 is 19.4 Å². The lowest BCUT2D eigenvalue weighted by atomic mass is 9.95. The van der Waals surface area contributed by atoms with E-state index >= 15 is 0 Å². The van der Waals surface area contributed by atoms with Gasteiger partial charge in [0.1, 0.15) is 5.82 Å². The van der Waals surface area contributed by atoms with Crippen molar-refractivity contribution in [3.05, 3.63) is 29.4 Å². The first-order valence-electron chi connectivity index (χ1n) is 11.7. The van der Waals surface area contributed by atoms with E-state index in [1.54, 1.807) is 6.20 Å². The molecule has 4 heterocycles. The highest BCUT2D eigenvalue weighted by Gasteiger charge is 2.44. The van der Waals surface area contributed by atoms with Crippen LogP contribution in [0.25, 0.3) is 10.8 Å². The molecule has 1 amide bonds. The Morgan fingerprint density at radius 2 is 2.00 bits per heavy atom. The van der Waals surface area contributed by atoms with Crippen LogP contribution in [0.3, 0.4) is 0 Å². The minimum absolute atomic E-state index is 0.0431. The molecule has 3 aliphatic rings. The maximum atomic E-state index is 12.6. The van der Waals surface area contributed by atoms with E-state index in [4.69, 9.17) is 21.1 Å². The van der Waals surface area contributed by atoms with Gasteiger partial charge in [0.15, 0.2) is 0 Å². The van der Waals surface area contributed by atoms with E-state index in [9.17, 15) is 9.90 Å². The average Bonchev–Trinajstić information content (AvgIpc) is 3.18. The van der Waals surface area contributed by atoms with Gasteiger partial charge in [-0.05, 0) is 43.4 Å². The number of halogens is 1. The van der Waals surface area contributed by atoms with E-state index in [-0.39, 0.29) is 17.4 Å². The fourth-order valence-corrected chi connectivity index (χ4v) is 5.35. The number of amides is 1. The number of aromatic nitrogens is 1. The summed E-state index contributed by atoms with van der Waals surface area (Å²) in [7, 11) is 0. The number of rotatable bonds is 4. The van der Waals surface area contributed by atoms with Crippen LogP contribution in [0.2, 0.25) is 5.02 Å². The summed E-state index contributed by atoms with van der Waals surface area (Å²) >= 11 is 6.65. The van der Waals surface area contributed by atoms with Gasteiger partial charge in [-0.3, -0.25) is 9.69 Å². The van der Waals surface area contributed by atoms with E-state index in [0.717, 1.165) is 62.1 Å². The molecule has 9 heteroatoms. The van der Waals surface area contributed by atoms with Gasteiger partial charge in [0.25, 0.3) is 0 Å². The number of anilines is 2. The molecule has 0 bridgehead atoms. The summed E-state index contributed by atoms with van der Waals surface area (Å²) in [6, 6.07) is 5.91. The molecular weight excluding hydrogens is 444 g/mol. The lowest BCUT2D eigenvalue weighted by molar-refractivity contribution is -0.123. The Balaban J connectivity index is 1.30. The fourth-order valence-electron chi connectivity index (χ4n) is 5.05. The van der Waals surface area contributed by atoms with Gasteiger partial charge < -0.3 is 24.8 Å². The second-order valence-electron chi connectivity index (χ2n) is 9.49.